The fourth-order valence-corrected chi connectivity index (χ4v) is 5.42. The third kappa shape index (κ3) is 5.42. The minimum absolute atomic E-state index is 0.0613. The number of carbonyl (C=O) groups is 3. The quantitative estimate of drug-likeness (QED) is 0.413. The number of urea groups is 1. The fraction of sp³-hybridized carbons (Fsp3) is 0.360. The molecule has 0 aromatic heterocycles. The van der Waals surface area contributed by atoms with E-state index in [0.29, 0.717) is 49.0 Å². The zero-order chi connectivity index (χ0) is 25.7. The van der Waals surface area contributed by atoms with Crippen LogP contribution < -0.4 is 15.0 Å². The number of hydrogen-bond acceptors (Lipinski definition) is 6. The second-order valence-corrected chi connectivity index (χ2v) is 10.5. The van der Waals surface area contributed by atoms with Crippen molar-refractivity contribution < 1.29 is 29.2 Å². The first kappa shape index (κ1) is 26.2. The van der Waals surface area contributed by atoms with Crippen LogP contribution in [0.4, 0.5) is 4.79 Å². The Balaban J connectivity index is 1.57. The third-order valence-corrected chi connectivity index (χ3v) is 7.81. The number of carbonyl (C=O) groups excluding carboxylic acids is 3. The average molecular weight is 576 g/mol. The van der Waals surface area contributed by atoms with Crippen molar-refractivity contribution in [3.8, 4) is 11.5 Å². The molecule has 1 fully saturated rings. The molecular weight excluding hydrogens is 548 g/mol. The monoisotopic (exact) mass is 575 g/mol. The summed E-state index contributed by atoms with van der Waals surface area (Å²) in [5.74, 6) is 1.50. The van der Waals surface area contributed by atoms with Gasteiger partial charge in [0.05, 0.1) is 5.75 Å². The highest BCUT2D eigenvalue weighted by Crippen LogP contribution is 2.33. The van der Waals surface area contributed by atoms with Crippen molar-refractivity contribution in [1.82, 2.24) is 15.1 Å². The largest absolute Gasteiger partial charge is 0.499 e. The number of rotatable bonds is 8. The normalized spacial score (nSPS) is 20.6. The van der Waals surface area contributed by atoms with E-state index in [0.717, 1.165) is 16.6 Å². The van der Waals surface area contributed by atoms with Crippen LogP contribution >= 0.6 is 27.7 Å². The molecule has 3 N–H and O–H groups in total. The van der Waals surface area contributed by atoms with Crippen molar-refractivity contribution in [3.05, 3.63) is 58.6 Å². The minimum atomic E-state index is -1.63. The Bertz CT molecular complexity index is 1150. The van der Waals surface area contributed by atoms with E-state index in [-0.39, 0.29) is 5.91 Å². The zero-order valence-electron chi connectivity index (χ0n) is 19.8. The second kappa shape index (κ2) is 11.4. The summed E-state index contributed by atoms with van der Waals surface area (Å²) in [7, 11) is 0. The lowest BCUT2D eigenvalue weighted by Gasteiger charge is -2.44. The van der Waals surface area contributed by atoms with E-state index in [2.05, 4.69) is 33.2 Å². The molecule has 1 atom stereocenters. The number of nitrogens with zero attached hydrogens (tertiary/aromatic N) is 2. The van der Waals surface area contributed by atoms with Crippen molar-refractivity contribution in [1.29, 1.82) is 0 Å². The Morgan fingerprint density at radius 1 is 1.08 bits per heavy atom. The van der Waals surface area contributed by atoms with Crippen LogP contribution in [0.2, 0.25) is 0 Å². The molecule has 0 spiro atoms. The van der Waals surface area contributed by atoms with E-state index in [1.807, 2.05) is 24.3 Å². The van der Waals surface area contributed by atoms with Gasteiger partial charge in [-0.25, -0.2) is 4.79 Å². The number of aliphatic hydroxyl groups excluding tert-OH is 1. The van der Waals surface area contributed by atoms with Gasteiger partial charge in [0.15, 0.2) is 0 Å². The molecule has 1 saturated heterocycles. The van der Waals surface area contributed by atoms with Gasteiger partial charge in [0.25, 0.3) is 5.90 Å². The topological polar surface area (TPSA) is 113 Å². The number of benzene rings is 2. The smallest absolute Gasteiger partial charge is 0.479 e. The number of nitrogens with one attached hydrogen (secondary N) is 2. The molecule has 2 aromatic rings. The van der Waals surface area contributed by atoms with E-state index in [1.165, 1.54) is 0 Å². The Labute approximate surface area is 222 Å². The van der Waals surface area contributed by atoms with Crippen molar-refractivity contribution in [3.63, 3.8) is 0 Å². The Morgan fingerprint density at radius 3 is 2.28 bits per heavy atom. The van der Waals surface area contributed by atoms with Gasteiger partial charge in [-0.2, -0.15) is 26.9 Å². The molecule has 2 aliphatic rings. The number of hydrogen-bond donors (Lipinski definition) is 3. The SMILES string of the molecule is CCCSCC(=O)N1CCN(C2(c3ccc(Oc4ccc(Br)cc4)cc3)C(=O)NC(=O)[NH+]=C2O)CC1. The molecule has 190 valence electrons. The predicted octanol–water partition coefficient (Wildman–Crippen LogP) is 2.01. The van der Waals surface area contributed by atoms with Crippen molar-refractivity contribution in [2.24, 2.45) is 0 Å². The summed E-state index contributed by atoms with van der Waals surface area (Å²) in [6, 6.07) is 13.4. The lowest BCUT2D eigenvalue weighted by molar-refractivity contribution is -0.366. The molecule has 2 aromatic carbocycles. The molecule has 2 heterocycles. The van der Waals surface area contributed by atoms with Crippen LogP contribution in [0.25, 0.3) is 0 Å². The van der Waals surface area contributed by atoms with Gasteiger partial charge in [0, 0.05) is 30.7 Å². The van der Waals surface area contributed by atoms with E-state index in [9.17, 15) is 19.5 Å². The summed E-state index contributed by atoms with van der Waals surface area (Å²) in [5, 5.41) is 13.3. The molecule has 36 heavy (non-hydrogen) atoms. The van der Waals surface area contributed by atoms with Crippen LogP contribution in [0, 0.1) is 0 Å². The van der Waals surface area contributed by atoms with E-state index < -0.39 is 23.4 Å². The zero-order valence-corrected chi connectivity index (χ0v) is 22.2. The molecule has 4 rings (SSSR count). The Kier molecular flexibility index (Phi) is 8.32. The standard InChI is InChI=1S/C25H27BrN4O5S/c1-2-15-36-16-21(31)29-11-13-30(14-12-29)25(22(32)27-24(34)28-23(25)33)17-3-7-19(8-4-17)35-20-9-5-18(26)6-10-20/h3-10H,2,11-16H2,1H3,(H2,27,28,32,33,34)/p+1. The van der Waals surface area contributed by atoms with Crippen LogP contribution in [0.15, 0.2) is 53.0 Å². The number of aliphatic hydroxyl groups is 1. The van der Waals surface area contributed by atoms with Crippen molar-refractivity contribution >= 4 is 51.4 Å². The number of piperazine rings is 1. The molecule has 11 heteroatoms. The number of ether oxygens (including phenoxy) is 1. The lowest BCUT2D eigenvalue weighted by Crippen LogP contribution is -2.91. The molecule has 0 saturated carbocycles. The fourth-order valence-electron chi connectivity index (χ4n) is 4.36. The predicted molar refractivity (Wildman–Crippen MR) is 140 cm³/mol. The summed E-state index contributed by atoms with van der Waals surface area (Å²) in [4.78, 5) is 43.7. The van der Waals surface area contributed by atoms with Crippen LogP contribution in [-0.4, -0.2) is 76.3 Å². The van der Waals surface area contributed by atoms with Gasteiger partial charge in [0.1, 0.15) is 11.5 Å². The molecule has 0 aliphatic carbocycles. The first-order valence-electron chi connectivity index (χ1n) is 11.7. The maximum atomic E-state index is 13.3. The third-order valence-electron chi connectivity index (χ3n) is 6.13. The van der Waals surface area contributed by atoms with Gasteiger partial charge in [-0.3, -0.25) is 9.69 Å². The van der Waals surface area contributed by atoms with Crippen LogP contribution in [0.1, 0.15) is 18.9 Å². The Morgan fingerprint density at radius 2 is 1.69 bits per heavy atom. The number of amides is 4. The van der Waals surface area contributed by atoms with E-state index >= 15 is 0 Å². The van der Waals surface area contributed by atoms with Gasteiger partial charge >= 0.3 is 11.9 Å². The summed E-state index contributed by atoms with van der Waals surface area (Å²) in [5.41, 5.74) is -1.16. The molecule has 0 bridgehead atoms. The number of imide groups is 1. The van der Waals surface area contributed by atoms with Gasteiger partial charge < -0.3 is 14.7 Å². The highest BCUT2D eigenvalue weighted by molar-refractivity contribution is 9.10. The van der Waals surface area contributed by atoms with Gasteiger partial charge in [0.2, 0.25) is 11.4 Å². The van der Waals surface area contributed by atoms with Crippen LogP contribution in [-0.2, 0) is 15.1 Å². The van der Waals surface area contributed by atoms with Gasteiger partial charge in [-0.1, -0.05) is 35.0 Å². The Hall–Kier alpha value is -2.89. The first-order valence-corrected chi connectivity index (χ1v) is 13.6. The average Bonchev–Trinajstić information content (AvgIpc) is 2.86. The molecule has 0 radical (unpaired) electrons. The van der Waals surface area contributed by atoms with E-state index in [1.54, 1.807) is 45.8 Å². The highest BCUT2D eigenvalue weighted by atomic mass is 79.9. The minimum Gasteiger partial charge on any atom is -0.479 e. The highest BCUT2D eigenvalue weighted by Gasteiger charge is 2.59. The molecule has 9 nitrogen and oxygen atoms in total. The summed E-state index contributed by atoms with van der Waals surface area (Å²) in [6.45, 7) is 3.58. The maximum Gasteiger partial charge on any atom is 0.499 e. The number of halogens is 1. The van der Waals surface area contributed by atoms with Gasteiger partial charge in [-0.15, -0.1) is 0 Å². The van der Waals surface area contributed by atoms with Crippen molar-refractivity contribution in [2.75, 3.05) is 37.7 Å². The molecular formula is C25H28BrN4O5S+. The first-order chi connectivity index (χ1) is 17.3. The summed E-state index contributed by atoms with van der Waals surface area (Å²) < 4.78 is 6.82. The lowest BCUT2D eigenvalue weighted by atomic mass is 9.84. The molecule has 4 amide bonds. The van der Waals surface area contributed by atoms with Crippen molar-refractivity contribution in [2.45, 2.75) is 18.9 Å². The van der Waals surface area contributed by atoms with Gasteiger partial charge in [-0.05, 0) is 54.1 Å². The second-order valence-electron chi connectivity index (χ2n) is 8.47. The molecule has 1 unspecified atom stereocenters. The van der Waals surface area contributed by atoms with Crippen LogP contribution in [0.3, 0.4) is 0 Å². The van der Waals surface area contributed by atoms with E-state index in [4.69, 9.17) is 4.74 Å². The summed E-state index contributed by atoms with van der Waals surface area (Å²) >= 11 is 5.00. The maximum absolute atomic E-state index is 13.3. The number of thioether (sulfide) groups is 1. The molecule has 2 aliphatic heterocycles. The van der Waals surface area contributed by atoms with Crippen LogP contribution in [0.5, 0.6) is 11.5 Å². The summed E-state index contributed by atoms with van der Waals surface area (Å²) in [6.07, 6.45) is 1.01.